The molecule has 3 heteroatoms. The molecule has 0 saturated heterocycles. The van der Waals surface area contributed by atoms with Gasteiger partial charge in [0.25, 0.3) is 0 Å². The van der Waals surface area contributed by atoms with Crippen LogP contribution >= 0.6 is 0 Å². The van der Waals surface area contributed by atoms with Crippen LogP contribution in [0.5, 0.6) is 0 Å². The quantitative estimate of drug-likeness (QED) is 0.850. The predicted molar refractivity (Wildman–Crippen MR) is 85.1 cm³/mol. The normalized spacial score (nSPS) is 14.9. The van der Waals surface area contributed by atoms with Crippen LogP contribution in [-0.2, 0) is 0 Å². The minimum absolute atomic E-state index is 0.00280. The molecule has 0 aliphatic rings. The van der Waals surface area contributed by atoms with Gasteiger partial charge in [-0.1, -0.05) is 51.1 Å². The molecule has 0 fully saturated rings. The van der Waals surface area contributed by atoms with Gasteiger partial charge in [0, 0.05) is 12.6 Å². The number of nitrogens with one attached hydrogen (secondary N) is 1. The highest BCUT2D eigenvalue weighted by Gasteiger charge is 2.28. The Hall–Kier alpha value is -1.58. The van der Waals surface area contributed by atoms with E-state index < -0.39 is 0 Å². The van der Waals surface area contributed by atoms with Gasteiger partial charge in [-0.15, -0.1) is 0 Å². The number of rotatable bonds is 6. The van der Waals surface area contributed by atoms with Crippen LogP contribution in [0.3, 0.4) is 0 Å². The molecule has 1 aromatic heterocycles. The SMILES string of the molecule is CC(C)(C)C(CCO)NC(c1ccccc1)c1ccco1. The third-order valence-electron chi connectivity index (χ3n) is 3.79. The monoisotopic (exact) mass is 287 g/mol. The fourth-order valence-corrected chi connectivity index (χ4v) is 2.54. The van der Waals surface area contributed by atoms with E-state index in [1.54, 1.807) is 6.26 Å². The zero-order valence-corrected chi connectivity index (χ0v) is 13.0. The molecule has 1 heterocycles. The molecule has 2 unspecified atom stereocenters. The maximum atomic E-state index is 9.35. The largest absolute Gasteiger partial charge is 0.467 e. The maximum absolute atomic E-state index is 9.35. The molecule has 0 bridgehead atoms. The summed E-state index contributed by atoms with van der Waals surface area (Å²) in [4.78, 5) is 0. The van der Waals surface area contributed by atoms with Crippen LogP contribution in [0.25, 0.3) is 0 Å². The first kappa shape index (κ1) is 15.8. The molecule has 0 aliphatic carbocycles. The summed E-state index contributed by atoms with van der Waals surface area (Å²) in [5.74, 6) is 0.897. The molecular formula is C18H25NO2. The zero-order valence-electron chi connectivity index (χ0n) is 13.0. The number of benzene rings is 1. The summed E-state index contributed by atoms with van der Waals surface area (Å²) in [6, 6.07) is 14.4. The van der Waals surface area contributed by atoms with E-state index in [2.05, 4.69) is 38.2 Å². The number of furan rings is 1. The van der Waals surface area contributed by atoms with Crippen molar-refractivity contribution in [1.82, 2.24) is 5.32 Å². The topological polar surface area (TPSA) is 45.4 Å². The fourth-order valence-electron chi connectivity index (χ4n) is 2.54. The molecule has 1 aromatic carbocycles. The highest BCUT2D eigenvalue weighted by Crippen LogP contribution is 2.28. The molecule has 3 nitrogen and oxygen atoms in total. The van der Waals surface area contributed by atoms with Crippen LogP contribution in [0.1, 0.15) is 44.6 Å². The van der Waals surface area contributed by atoms with Crippen molar-refractivity contribution in [2.75, 3.05) is 6.61 Å². The fraction of sp³-hybridized carbons (Fsp3) is 0.444. The van der Waals surface area contributed by atoms with E-state index in [0.717, 1.165) is 5.76 Å². The maximum Gasteiger partial charge on any atom is 0.125 e. The molecule has 114 valence electrons. The van der Waals surface area contributed by atoms with Gasteiger partial charge in [0.2, 0.25) is 0 Å². The third-order valence-corrected chi connectivity index (χ3v) is 3.79. The standard InChI is InChI=1S/C18H25NO2/c1-18(2,3)16(11-12-20)19-17(15-10-7-13-21-15)14-8-5-4-6-9-14/h4-10,13,16-17,19-20H,11-12H2,1-3H3. The molecule has 21 heavy (non-hydrogen) atoms. The molecular weight excluding hydrogens is 262 g/mol. The second kappa shape index (κ2) is 6.92. The average molecular weight is 287 g/mol. The van der Waals surface area contributed by atoms with Gasteiger partial charge in [0.1, 0.15) is 5.76 Å². The van der Waals surface area contributed by atoms with Crippen molar-refractivity contribution < 1.29 is 9.52 Å². The van der Waals surface area contributed by atoms with E-state index in [1.807, 2.05) is 30.3 Å². The van der Waals surface area contributed by atoms with E-state index in [9.17, 15) is 5.11 Å². The minimum atomic E-state index is -0.00280. The summed E-state index contributed by atoms with van der Waals surface area (Å²) in [5.41, 5.74) is 1.22. The predicted octanol–water partition coefficient (Wildman–Crippen LogP) is 3.76. The van der Waals surface area contributed by atoms with E-state index >= 15 is 0 Å². The molecule has 0 spiro atoms. The van der Waals surface area contributed by atoms with Crippen molar-refractivity contribution in [2.24, 2.45) is 5.41 Å². The lowest BCUT2D eigenvalue weighted by molar-refractivity contribution is 0.186. The van der Waals surface area contributed by atoms with Gasteiger partial charge < -0.3 is 14.8 Å². The number of aliphatic hydroxyl groups is 1. The number of aliphatic hydroxyl groups excluding tert-OH is 1. The molecule has 0 saturated carbocycles. The molecule has 2 rings (SSSR count). The summed E-state index contributed by atoms with van der Waals surface area (Å²) < 4.78 is 5.62. The molecule has 0 aliphatic heterocycles. The van der Waals surface area contributed by atoms with Crippen molar-refractivity contribution in [2.45, 2.75) is 39.3 Å². The minimum Gasteiger partial charge on any atom is -0.467 e. The van der Waals surface area contributed by atoms with E-state index in [-0.39, 0.29) is 24.1 Å². The smallest absolute Gasteiger partial charge is 0.125 e. The number of hydrogen-bond acceptors (Lipinski definition) is 3. The van der Waals surface area contributed by atoms with Gasteiger partial charge in [0.15, 0.2) is 0 Å². The summed E-state index contributed by atoms with van der Waals surface area (Å²) in [5, 5.41) is 13.0. The molecule has 2 N–H and O–H groups in total. The Morgan fingerprint density at radius 3 is 2.33 bits per heavy atom. The van der Waals surface area contributed by atoms with E-state index in [1.165, 1.54) is 5.56 Å². The lowest BCUT2D eigenvalue weighted by Gasteiger charge is -2.34. The summed E-state index contributed by atoms with van der Waals surface area (Å²) >= 11 is 0. The van der Waals surface area contributed by atoms with Crippen LogP contribution < -0.4 is 5.32 Å². The first-order valence-corrected chi connectivity index (χ1v) is 7.47. The van der Waals surface area contributed by atoms with Gasteiger partial charge in [-0.2, -0.15) is 0 Å². The summed E-state index contributed by atoms with van der Waals surface area (Å²) in [7, 11) is 0. The second-order valence-electron chi connectivity index (χ2n) is 6.46. The Morgan fingerprint density at radius 2 is 1.81 bits per heavy atom. The molecule has 0 amide bonds. The Balaban J connectivity index is 2.28. The molecule has 2 aromatic rings. The Labute approximate surface area is 127 Å². The zero-order chi connectivity index (χ0) is 15.3. The van der Waals surface area contributed by atoms with Crippen molar-refractivity contribution in [3.8, 4) is 0 Å². The highest BCUT2D eigenvalue weighted by molar-refractivity contribution is 5.26. The van der Waals surface area contributed by atoms with Crippen LogP contribution in [0.15, 0.2) is 53.1 Å². The first-order chi connectivity index (χ1) is 10.0. The number of hydrogen-bond donors (Lipinski definition) is 2. The highest BCUT2D eigenvalue weighted by atomic mass is 16.3. The lowest BCUT2D eigenvalue weighted by atomic mass is 9.84. The summed E-state index contributed by atoms with van der Waals surface area (Å²) in [6.07, 6.45) is 2.42. The van der Waals surface area contributed by atoms with Crippen molar-refractivity contribution >= 4 is 0 Å². The van der Waals surface area contributed by atoms with Gasteiger partial charge in [0.05, 0.1) is 12.3 Å². The van der Waals surface area contributed by atoms with Gasteiger partial charge >= 0.3 is 0 Å². The van der Waals surface area contributed by atoms with Crippen LogP contribution in [-0.4, -0.2) is 17.8 Å². The van der Waals surface area contributed by atoms with Gasteiger partial charge in [-0.25, -0.2) is 0 Å². The van der Waals surface area contributed by atoms with Gasteiger partial charge in [-0.3, -0.25) is 0 Å². The average Bonchev–Trinajstić information content (AvgIpc) is 2.97. The van der Waals surface area contributed by atoms with Crippen molar-refractivity contribution in [3.63, 3.8) is 0 Å². The van der Waals surface area contributed by atoms with Crippen LogP contribution in [0.4, 0.5) is 0 Å². The lowest BCUT2D eigenvalue weighted by Crippen LogP contribution is -2.43. The van der Waals surface area contributed by atoms with Crippen LogP contribution in [0.2, 0.25) is 0 Å². The Morgan fingerprint density at radius 1 is 1.10 bits per heavy atom. The molecule has 2 atom stereocenters. The third kappa shape index (κ3) is 4.19. The van der Waals surface area contributed by atoms with E-state index in [0.29, 0.717) is 6.42 Å². The van der Waals surface area contributed by atoms with E-state index in [4.69, 9.17) is 4.42 Å². The molecule has 0 radical (unpaired) electrons. The second-order valence-corrected chi connectivity index (χ2v) is 6.46. The van der Waals surface area contributed by atoms with Crippen molar-refractivity contribution in [3.05, 3.63) is 60.1 Å². The summed E-state index contributed by atoms with van der Waals surface area (Å²) in [6.45, 7) is 6.73. The Bertz CT molecular complexity index is 514. The Kier molecular flexibility index (Phi) is 5.21. The van der Waals surface area contributed by atoms with Crippen LogP contribution in [0, 0.1) is 5.41 Å². The first-order valence-electron chi connectivity index (χ1n) is 7.47. The van der Waals surface area contributed by atoms with Crippen molar-refractivity contribution in [1.29, 1.82) is 0 Å². The van der Waals surface area contributed by atoms with Gasteiger partial charge in [-0.05, 0) is 29.5 Å².